The van der Waals surface area contributed by atoms with E-state index in [1.807, 2.05) is 12.1 Å². The summed E-state index contributed by atoms with van der Waals surface area (Å²) in [7, 11) is 0. The molecule has 1 N–H and O–H groups in total. The summed E-state index contributed by atoms with van der Waals surface area (Å²) in [6.07, 6.45) is 14.4. The van der Waals surface area contributed by atoms with Gasteiger partial charge in [-0.05, 0) is 55.4 Å². The van der Waals surface area contributed by atoms with Crippen LogP contribution in [0.25, 0.3) is 6.08 Å². The van der Waals surface area contributed by atoms with Crippen LogP contribution < -0.4 is 0 Å². The Morgan fingerprint density at radius 2 is 2.00 bits per heavy atom. The summed E-state index contributed by atoms with van der Waals surface area (Å²) in [4.78, 5) is 0. The molecule has 1 heteroatoms. The molecule has 0 radical (unpaired) electrons. The highest BCUT2D eigenvalue weighted by atomic mass is 16.3. The van der Waals surface area contributed by atoms with Gasteiger partial charge in [0.05, 0.1) is 0 Å². The molecular formula is C18H26O. The fourth-order valence-electron chi connectivity index (χ4n) is 2.12. The van der Waals surface area contributed by atoms with Crippen LogP contribution in [0.3, 0.4) is 0 Å². The fraction of sp³-hybridized carbons (Fsp3) is 0.444. The van der Waals surface area contributed by atoms with Gasteiger partial charge in [-0.3, -0.25) is 0 Å². The van der Waals surface area contributed by atoms with Gasteiger partial charge in [0, 0.05) is 0 Å². The quantitative estimate of drug-likeness (QED) is 0.458. The van der Waals surface area contributed by atoms with Crippen molar-refractivity contribution in [3.05, 3.63) is 48.1 Å². The number of aryl methyl sites for hydroxylation is 1. The lowest BCUT2D eigenvalue weighted by atomic mass is 10.00. The summed E-state index contributed by atoms with van der Waals surface area (Å²) >= 11 is 0. The van der Waals surface area contributed by atoms with Crippen molar-refractivity contribution >= 4 is 6.08 Å². The summed E-state index contributed by atoms with van der Waals surface area (Å²) in [5, 5.41) is 9.59. The molecule has 0 saturated carbocycles. The second-order valence-electron chi connectivity index (χ2n) is 4.96. The first-order valence-electron chi connectivity index (χ1n) is 7.37. The third-order valence-electron chi connectivity index (χ3n) is 3.24. The molecular weight excluding hydrogens is 232 g/mol. The number of rotatable bonds is 9. The van der Waals surface area contributed by atoms with Gasteiger partial charge in [-0.1, -0.05) is 44.1 Å². The Kier molecular flexibility index (Phi) is 7.72. The highest BCUT2D eigenvalue weighted by Gasteiger charge is 2.01. The number of hydrogen-bond acceptors (Lipinski definition) is 1. The maximum atomic E-state index is 9.59. The lowest BCUT2D eigenvalue weighted by Crippen LogP contribution is -1.90. The molecule has 0 aliphatic rings. The van der Waals surface area contributed by atoms with Crippen LogP contribution >= 0.6 is 0 Å². The van der Waals surface area contributed by atoms with E-state index < -0.39 is 0 Å². The van der Waals surface area contributed by atoms with Crippen molar-refractivity contribution in [2.24, 2.45) is 0 Å². The number of unbranched alkanes of at least 4 members (excludes halogenated alkanes) is 4. The molecule has 0 bridgehead atoms. The van der Waals surface area contributed by atoms with Gasteiger partial charge in [-0.2, -0.15) is 0 Å². The summed E-state index contributed by atoms with van der Waals surface area (Å²) in [5.74, 6) is 0.353. The Labute approximate surface area is 117 Å². The predicted molar refractivity (Wildman–Crippen MR) is 84.4 cm³/mol. The number of aromatic hydroxyl groups is 1. The van der Waals surface area contributed by atoms with E-state index in [4.69, 9.17) is 0 Å². The van der Waals surface area contributed by atoms with E-state index in [2.05, 4.69) is 31.7 Å². The van der Waals surface area contributed by atoms with Gasteiger partial charge < -0.3 is 5.11 Å². The molecule has 0 heterocycles. The maximum Gasteiger partial charge on any atom is 0.116 e. The van der Waals surface area contributed by atoms with Crippen LogP contribution in [0.4, 0.5) is 0 Å². The van der Waals surface area contributed by atoms with Gasteiger partial charge in [-0.15, -0.1) is 6.58 Å². The predicted octanol–water partition coefficient (Wildman–Crippen LogP) is 5.49. The number of hydrogen-bond donors (Lipinski definition) is 1. The molecule has 0 spiro atoms. The summed E-state index contributed by atoms with van der Waals surface area (Å²) in [6, 6.07) is 5.70. The van der Waals surface area contributed by atoms with Crippen molar-refractivity contribution in [1.82, 2.24) is 0 Å². The minimum Gasteiger partial charge on any atom is -0.508 e. The molecule has 1 aromatic rings. The molecule has 0 amide bonds. The minimum atomic E-state index is 0.353. The normalized spacial score (nSPS) is 11.0. The minimum absolute atomic E-state index is 0.353. The average molecular weight is 258 g/mol. The first-order valence-corrected chi connectivity index (χ1v) is 7.37. The van der Waals surface area contributed by atoms with Crippen LogP contribution in [-0.2, 0) is 6.42 Å². The Hall–Kier alpha value is -1.50. The van der Waals surface area contributed by atoms with Crippen LogP contribution in [0.2, 0.25) is 0 Å². The second kappa shape index (κ2) is 9.43. The van der Waals surface area contributed by atoms with E-state index >= 15 is 0 Å². The summed E-state index contributed by atoms with van der Waals surface area (Å²) in [5.41, 5.74) is 2.50. The van der Waals surface area contributed by atoms with Crippen LogP contribution in [0.1, 0.15) is 56.6 Å². The van der Waals surface area contributed by atoms with Crippen molar-refractivity contribution in [3.63, 3.8) is 0 Å². The molecule has 0 unspecified atom stereocenters. The van der Waals surface area contributed by atoms with Gasteiger partial charge in [0.1, 0.15) is 5.75 Å². The van der Waals surface area contributed by atoms with Crippen LogP contribution in [0, 0.1) is 0 Å². The third-order valence-corrected chi connectivity index (χ3v) is 3.24. The zero-order valence-corrected chi connectivity index (χ0v) is 12.1. The average Bonchev–Trinajstić information content (AvgIpc) is 2.41. The van der Waals surface area contributed by atoms with E-state index in [1.165, 1.54) is 24.8 Å². The smallest absolute Gasteiger partial charge is 0.116 e. The SMILES string of the molecule is C=CCCCCCc1ccc(O)cc1/C=C/CCC. The van der Waals surface area contributed by atoms with Gasteiger partial charge in [0.25, 0.3) is 0 Å². The zero-order chi connectivity index (χ0) is 13.9. The van der Waals surface area contributed by atoms with E-state index in [0.29, 0.717) is 5.75 Å². The van der Waals surface area contributed by atoms with Gasteiger partial charge in [0.15, 0.2) is 0 Å². The van der Waals surface area contributed by atoms with Crippen molar-refractivity contribution in [2.75, 3.05) is 0 Å². The number of phenolic OH excluding ortho intramolecular Hbond substituents is 1. The molecule has 0 aliphatic carbocycles. The fourth-order valence-corrected chi connectivity index (χ4v) is 2.12. The van der Waals surface area contributed by atoms with Gasteiger partial charge >= 0.3 is 0 Å². The standard InChI is InChI=1S/C18H26O/c1-3-5-7-8-10-11-16-13-14-18(19)15-17(16)12-9-6-4-2/h3,9,12-15,19H,1,4-8,10-11H2,2H3/b12-9+. The molecule has 19 heavy (non-hydrogen) atoms. The molecule has 0 aromatic heterocycles. The summed E-state index contributed by atoms with van der Waals surface area (Å²) < 4.78 is 0. The Morgan fingerprint density at radius 3 is 2.74 bits per heavy atom. The lowest BCUT2D eigenvalue weighted by molar-refractivity contribution is 0.475. The lowest BCUT2D eigenvalue weighted by Gasteiger charge is -2.07. The van der Waals surface area contributed by atoms with Crippen molar-refractivity contribution in [2.45, 2.75) is 51.9 Å². The Balaban J connectivity index is 2.57. The van der Waals surface area contributed by atoms with E-state index in [1.54, 1.807) is 6.07 Å². The molecule has 104 valence electrons. The van der Waals surface area contributed by atoms with Crippen LogP contribution in [0.15, 0.2) is 36.9 Å². The molecule has 1 aromatic carbocycles. The first-order chi connectivity index (χ1) is 9.27. The summed E-state index contributed by atoms with van der Waals surface area (Å²) in [6.45, 7) is 5.92. The van der Waals surface area contributed by atoms with E-state index in [9.17, 15) is 5.11 Å². The van der Waals surface area contributed by atoms with Crippen molar-refractivity contribution in [3.8, 4) is 5.75 Å². The topological polar surface area (TPSA) is 20.2 Å². The highest BCUT2D eigenvalue weighted by molar-refractivity contribution is 5.56. The molecule has 0 fully saturated rings. The molecule has 0 aliphatic heterocycles. The number of phenols is 1. The van der Waals surface area contributed by atoms with E-state index in [0.717, 1.165) is 31.2 Å². The van der Waals surface area contributed by atoms with Crippen LogP contribution in [0.5, 0.6) is 5.75 Å². The Morgan fingerprint density at radius 1 is 1.16 bits per heavy atom. The van der Waals surface area contributed by atoms with E-state index in [-0.39, 0.29) is 0 Å². The highest BCUT2D eigenvalue weighted by Crippen LogP contribution is 2.20. The van der Waals surface area contributed by atoms with Crippen molar-refractivity contribution < 1.29 is 5.11 Å². The molecule has 1 nitrogen and oxygen atoms in total. The maximum absolute atomic E-state index is 9.59. The van der Waals surface area contributed by atoms with Gasteiger partial charge in [0.2, 0.25) is 0 Å². The largest absolute Gasteiger partial charge is 0.508 e. The third kappa shape index (κ3) is 6.28. The second-order valence-corrected chi connectivity index (χ2v) is 4.96. The molecule has 0 atom stereocenters. The number of benzene rings is 1. The molecule has 1 rings (SSSR count). The van der Waals surface area contributed by atoms with Crippen molar-refractivity contribution in [1.29, 1.82) is 0 Å². The molecule has 0 saturated heterocycles. The number of allylic oxidation sites excluding steroid dienone is 2. The van der Waals surface area contributed by atoms with Gasteiger partial charge in [-0.25, -0.2) is 0 Å². The first kappa shape index (κ1) is 15.6. The monoisotopic (exact) mass is 258 g/mol. The Bertz CT molecular complexity index is 404. The van der Waals surface area contributed by atoms with Crippen LogP contribution in [-0.4, -0.2) is 5.11 Å². The zero-order valence-electron chi connectivity index (χ0n) is 12.1.